The van der Waals surface area contributed by atoms with Crippen LogP contribution in [0.3, 0.4) is 0 Å². The third-order valence-electron chi connectivity index (χ3n) is 3.10. The van der Waals surface area contributed by atoms with Crippen LogP contribution in [0, 0.1) is 6.92 Å². The van der Waals surface area contributed by atoms with E-state index >= 15 is 0 Å². The minimum Gasteiger partial charge on any atom is -0.478 e. The highest BCUT2D eigenvalue weighted by atomic mass is 16.4. The monoisotopic (exact) mass is 288 g/mol. The number of aromatic amines is 1. The zero-order valence-electron chi connectivity index (χ0n) is 11.7. The fourth-order valence-corrected chi connectivity index (χ4v) is 1.83. The first-order valence-electron chi connectivity index (χ1n) is 6.37. The molecule has 1 heterocycles. The number of rotatable bonds is 4. The van der Waals surface area contributed by atoms with Gasteiger partial charge in [0.25, 0.3) is 0 Å². The molecular weight excluding hydrogens is 272 g/mol. The Kier molecular flexibility index (Phi) is 4.22. The Morgan fingerprint density at radius 1 is 1.38 bits per heavy atom. The van der Waals surface area contributed by atoms with Crippen molar-refractivity contribution in [1.82, 2.24) is 15.5 Å². The number of H-pyrrole nitrogens is 1. The van der Waals surface area contributed by atoms with Gasteiger partial charge >= 0.3 is 12.0 Å². The lowest BCUT2D eigenvalue weighted by molar-refractivity contribution is 0.0697. The summed E-state index contributed by atoms with van der Waals surface area (Å²) < 4.78 is 0. The molecule has 0 aliphatic carbocycles. The molecule has 0 radical (unpaired) electrons. The van der Waals surface area contributed by atoms with E-state index in [1.54, 1.807) is 25.4 Å². The molecule has 1 aromatic heterocycles. The second kappa shape index (κ2) is 6.08. The molecule has 0 saturated heterocycles. The number of benzene rings is 1. The van der Waals surface area contributed by atoms with Gasteiger partial charge < -0.3 is 15.7 Å². The van der Waals surface area contributed by atoms with Crippen LogP contribution in [-0.4, -0.2) is 27.3 Å². The van der Waals surface area contributed by atoms with Crippen molar-refractivity contribution in [3.8, 4) is 0 Å². The summed E-state index contributed by atoms with van der Waals surface area (Å²) in [5.41, 5.74) is 2.22. The van der Waals surface area contributed by atoms with Gasteiger partial charge in [0.1, 0.15) is 0 Å². The number of amides is 2. The summed E-state index contributed by atoms with van der Waals surface area (Å²) in [4.78, 5) is 22.9. The van der Waals surface area contributed by atoms with Crippen molar-refractivity contribution in [3.05, 3.63) is 47.3 Å². The summed E-state index contributed by atoms with van der Waals surface area (Å²) in [5, 5.41) is 20.9. The number of carboxylic acids is 1. The number of urea groups is 1. The van der Waals surface area contributed by atoms with Crippen LogP contribution < -0.4 is 10.6 Å². The lowest BCUT2D eigenvalue weighted by Gasteiger charge is -2.14. The molecule has 1 atom stereocenters. The smallest absolute Gasteiger partial charge is 0.335 e. The van der Waals surface area contributed by atoms with Crippen molar-refractivity contribution < 1.29 is 14.7 Å². The molecule has 7 nitrogen and oxygen atoms in total. The quantitative estimate of drug-likeness (QED) is 0.692. The molecule has 4 N–H and O–H groups in total. The molecular formula is C14H16N4O3. The van der Waals surface area contributed by atoms with Crippen LogP contribution in [0.1, 0.15) is 34.5 Å². The summed E-state index contributed by atoms with van der Waals surface area (Å²) in [5.74, 6) is -1.04. The molecule has 1 unspecified atom stereocenters. The van der Waals surface area contributed by atoms with Crippen LogP contribution in [-0.2, 0) is 0 Å². The first-order valence-corrected chi connectivity index (χ1v) is 6.37. The first kappa shape index (κ1) is 14.6. The summed E-state index contributed by atoms with van der Waals surface area (Å²) in [6, 6.07) is 3.95. The predicted octanol–water partition coefficient (Wildman–Crippen LogP) is 2.30. The van der Waals surface area contributed by atoms with Gasteiger partial charge in [-0.1, -0.05) is 6.07 Å². The van der Waals surface area contributed by atoms with Gasteiger partial charge in [-0.2, -0.15) is 5.10 Å². The predicted molar refractivity (Wildman–Crippen MR) is 77.3 cm³/mol. The van der Waals surface area contributed by atoms with E-state index in [1.807, 2.05) is 6.92 Å². The molecule has 0 saturated carbocycles. The summed E-state index contributed by atoms with van der Waals surface area (Å²) in [7, 11) is 0. The molecule has 110 valence electrons. The molecule has 21 heavy (non-hydrogen) atoms. The number of hydrogen-bond donors (Lipinski definition) is 4. The minimum absolute atomic E-state index is 0.124. The van der Waals surface area contributed by atoms with Crippen LogP contribution in [0.25, 0.3) is 0 Å². The van der Waals surface area contributed by atoms with Crippen LogP contribution >= 0.6 is 0 Å². The van der Waals surface area contributed by atoms with E-state index in [0.717, 1.165) is 11.1 Å². The van der Waals surface area contributed by atoms with Crippen LogP contribution in [0.4, 0.5) is 10.5 Å². The molecule has 2 amide bonds. The number of anilines is 1. The Balaban J connectivity index is 2.05. The van der Waals surface area contributed by atoms with E-state index in [2.05, 4.69) is 20.8 Å². The van der Waals surface area contributed by atoms with Gasteiger partial charge in [0.15, 0.2) is 0 Å². The molecule has 7 heteroatoms. The maximum Gasteiger partial charge on any atom is 0.335 e. The number of aromatic carboxylic acids is 1. The number of nitrogens with one attached hydrogen (secondary N) is 3. The zero-order chi connectivity index (χ0) is 15.4. The maximum atomic E-state index is 12.0. The van der Waals surface area contributed by atoms with Crippen molar-refractivity contribution in [1.29, 1.82) is 0 Å². The standard InChI is InChI=1S/C14H16N4O3/c1-8-3-4-10(13(19)20)5-12(8)18-14(21)17-9(2)11-6-15-16-7-11/h3-7,9H,1-2H3,(H,15,16)(H,19,20)(H2,17,18,21). The number of aryl methyl sites for hydroxylation is 1. The van der Waals surface area contributed by atoms with Gasteiger partial charge in [0, 0.05) is 17.4 Å². The van der Waals surface area contributed by atoms with Crippen molar-refractivity contribution in [2.75, 3.05) is 5.32 Å². The van der Waals surface area contributed by atoms with E-state index in [4.69, 9.17) is 5.11 Å². The van der Waals surface area contributed by atoms with Crippen molar-refractivity contribution in [2.45, 2.75) is 19.9 Å². The highest BCUT2D eigenvalue weighted by molar-refractivity contribution is 5.94. The minimum atomic E-state index is -1.04. The average molecular weight is 288 g/mol. The molecule has 2 rings (SSSR count). The Hall–Kier alpha value is -2.83. The molecule has 0 bridgehead atoms. The van der Waals surface area contributed by atoms with Gasteiger partial charge in [-0.05, 0) is 31.5 Å². The number of carboxylic acid groups (broad SMARTS) is 1. The van der Waals surface area contributed by atoms with Gasteiger partial charge in [-0.3, -0.25) is 5.10 Å². The Bertz CT molecular complexity index is 652. The van der Waals surface area contributed by atoms with Crippen molar-refractivity contribution in [2.24, 2.45) is 0 Å². The summed E-state index contributed by atoms with van der Waals surface area (Å²) in [6.45, 7) is 3.62. The van der Waals surface area contributed by atoms with E-state index in [1.165, 1.54) is 12.1 Å². The Labute approximate surface area is 121 Å². The third-order valence-corrected chi connectivity index (χ3v) is 3.10. The van der Waals surface area contributed by atoms with Gasteiger partial charge in [-0.15, -0.1) is 0 Å². The molecule has 0 aliphatic heterocycles. The van der Waals surface area contributed by atoms with Crippen LogP contribution in [0.5, 0.6) is 0 Å². The SMILES string of the molecule is Cc1ccc(C(=O)O)cc1NC(=O)NC(C)c1cn[nH]c1. The van der Waals surface area contributed by atoms with Crippen LogP contribution in [0.2, 0.25) is 0 Å². The van der Waals surface area contributed by atoms with Gasteiger partial charge in [0.2, 0.25) is 0 Å². The van der Waals surface area contributed by atoms with Crippen molar-refractivity contribution >= 4 is 17.7 Å². The second-order valence-electron chi connectivity index (χ2n) is 4.69. The topological polar surface area (TPSA) is 107 Å². The van der Waals surface area contributed by atoms with Gasteiger partial charge in [-0.25, -0.2) is 9.59 Å². The average Bonchev–Trinajstić information content (AvgIpc) is 2.95. The molecule has 2 aromatic rings. The number of nitrogens with zero attached hydrogens (tertiary/aromatic N) is 1. The maximum absolute atomic E-state index is 12.0. The molecule has 0 aliphatic rings. The van der Waals surface area contributed by atoms with Gasteiger partial charge in [0.05, 0.1) is 17.8 Å². The van der Waals surface area contributed by atoms with E-state index in [9.17, 15) is 9.59 Å². The Morgan fingerprint density at radius 3 is 2.76 bits per heavy atom. The Morgan fingerprint density at radius 2 is 2.14 bits per heavy atom. The molecule has 1 aromatic carbocycles. The summed E-state index contributed by atoms with van der Waals surface area (Å²) >= 11 is 0. The molecule has 0 spiro atoms. The van der Waals surface area contributed by atoms with E-state index < -0.39 is 12.0 Å². The lowest BCUT2D eigenvalue weighted by Crippen LogP contribution is -2.31. The number of aromatic nitrogens is 2. The third kappa shape index (κ3) is 3.59. The van der Waals surface area contributed by atoms with Crippen molar-refractivity contribution in [3.63, 3.8) is 0 Å². The van der Waals surface area contributed by atoms with E-state index in [0.29, 0.717) is 5.69 Å². The number of carbonyl (C=O) groups excluding carboxylic acids is 1. The zero-order valence-corrected chi connectivity index (χ0v) is 11.7. The number of hydrogen-bond acceptors (Lipinski definition) is 3. The van der Waals surface area contributed by atoms with E-state index in [-0.39, 0.29) is 11.6 Å². The second-order valence-corrected chi connectivity index (χ2v) is 4.69. The fraction of sp³-hybridized carbons (Fsp3) is 0.214. The molecule has 0 fully saturated rings. The fourth-order valence-electron chi connectivity index (χ4n) is 1.83. The normalized spacial score (nSPS) is 11.7. The largest absolute Gasteiger partial charge is 0.478 e. The summed E-state index contributed by atoms with van der Waals surface area (Å²) in [6.07, 6.45) is 3.32. The number of carbonyl (C=O) groups is 2. The first-order chi connectivity index (χ1) is 9.97. The van der Waals surface area contributed by atoms with Crippen LogP contribution in [0.15, 0.2) is 30.6 Å². The lowest BCUT2D eigenvalue weighted by atomic mass is 10.1. The highest BCUT2D eigenvalue weighted by Crippen LogP contribution is 2.17. The highest BCUT2D eigenvalue weighted by Gasteiger charge is 2.12.